The number of fused-ring (bicyclic) bond motifs is 1. The molecular formula is C48H63NO3SSi2. The Balaban J connectivity index is 1.48. The molecule has 0 amide bonds. The molecule has 4 unspecified atom stereocenters. The lowest BCUT2D eigenvalue weighted by Gasteiger charge is -2.46. The Labute approximate surface area is 339 Å². The molecule has 1 N–H and O–H groups in total. The van der Waals surface area contributed by atoms with E-state index in [0.717, 1.165) is 30.7 Å². The van der Waals surface area contributed by atoms with E-state index in [9.17, 15) is 0 Å². The summed E-state index contributed by atoms with van der Waals surface area (Å²) in [7, 11) is -3.85. The molecule has 6 rings (SSSR count). The van der Waals surface area contributed by atoms with Crippen LogP contribution in [-0.4, -0.2) is 46.7 Å². The molecule has 1 aliphatic carbocycles. The summed E-state index contributed by atoms with van der Waals surface area (Å²) in [5, 5.41) is 8.57. The van der Waals surface area contributed by atoms with Crippen molar-refractivity contribution in [1.29, 1.82) is 0 Å². The van der Waals surface area contributed by atoms with E-state index in [4.69, 9.17) is 25.8 Å². The first-order chi connectivity index (χ1) is 26.3. The molecule has 0 spiro atoms. The Hall–Kier alpha value is -3.18. The average molecular weight is 790 g/mol. The van der Waals surface area contributed by atoms with Crippen LogP contribution in [0.2, 0.25) is 10.1 Å². The second kappa shape index (κ2) is 17.1. The van der Waals surface area contributed by atoms with Crippen molar-refractivity contribution in [3.05, 3.63) is 133 Å². The molecule has 2 aliphatic rings. The number of benzene rings is 4. The zero-order valence-corrected chi connectivity index (χ0v) is 37.2. The molecule has 1 saturated heterocycles. The summed E-state index contributed by atoms with van der Waals surface area (Å²) in [6.45, 7) is 16.5. The summed E-state index contributed by atoms with van der Waals surface area (Å²) >= 11 is 5.89. The Morgan fingerprint density at radius 3 is 1.60 bits per heavy atom. The number of methoxy groups -OCH3 is 1. The number of unbranched alkanes of at least 4 members (excludes halogenated alkanes) is 2. The van der Waals surface area contributed by atoms with Crippen LogP contribution >= 0.6 is 12.2 Å². The minimum atomic E-state index is -2.87. The SMILES string of the molecule is CCCCC[C@@H](C=CC1C(O[Si](c2ccccc2)(c2ccccc2)C(C)(C)C)CC2(OC)NC(=S)CC12)O[Si](c1ccccc1)(c1ccccc1)C(C)(C)C. The number of nitrogens with one attached hydrogen (secondary N) is 1. The first-order valence-electron chi connectivity index (χ1n) is 20.4. The highest BCUT2D eigenvalue weighted by Gasteiger charge is 2.61. The fraction of sp³-hybridized carbons (Fsp3) is 0.438. The summed E-state index contributed by atoms with van der Waals surface area (Å²) in [5.41, 5.74) is -0.585. The maximum absolute atomic E-state index is 7.96. The lowest BCUT2D eigenvalue weighted by molar-refractivity contribution is -0.0455. The maximum Gasteiger partial charge on any atom is 0.261 e. The van der Waals surface area contributed by atoms with Gasteiger partial charge < -0.3 is 18.9 Å². The van der Waals surface area contributed by atoms with Crippen LogP contribution in [0.3, 0.4) is 0 Å². The molecule has 292 valence electrons. The van der Waals surface area contributed by atoms with Crippen molar-refractivity contribution >= 4 is 54.6 Å². The average Bonchev–Trinajstić information content (AvgIpc) is 3.65. The molecule has 4 aromatic carbocycles. The summed E-state index contributed by atoms with van der Waals surface area (Å²) in [6, 6.07) is 44.1. The fourth-order valence-corrected chi connectivity index (χ4v) is 19.4. The highest BCUT2D eigenvalue weighted by Crippen LogP contribution is 2.51. The van der Waals surface area contributed by atoms with Crippen molar-refractivity contribution in [1.82, 2.24) is 5.32 Å². The molecule has 0 aromatic heterocycles. The van der Waals surface area contributed by atoms with Crippen molar-refractivity contribution in [3.63, 3.8) is 0 Å². The Bertz CT molecular complexity index is 1780. The van der Waals surface area contributed by atoms with Gasteiger partial charge in [0.1, 0.15) is 5.72 Å². The van der Waals surface area contributed by atoms with Gasteiger partial charge in [-0.3, -0.25) is 0 Å². The zero-order chi connectivity index (χ0) is 39.3. The number of rotatable bonds is 15. The van der Waals surface area contributed by atoms with Crippen molar-refractivity contribution in [2.75, 3.05) is 7.11 Å². The molecule has 55 heavy (non-hydrogen) atoms. The van der Waals surface area contributed by atoms with E-state index in [-0.39, 0.29) is 34.1 Å². The third kappa shape index (κ3) is 8.16. The van der Waals surface area contributed by atoms with E-state index < -0.39 is 22.4 Å². The van der Waals surface area contributed by atoms with E-state index in [1.165, 1.54) is 27.2 Å². The lowest BCUT2D eigenvalue weighted by Crippen LogP contribution is -2.68. The normalized spacial score (nSPS) is 22.5. The van der Waals surface area contributed by atoms with Crippen LogP contribution < -0.4 is 26.1 Å². The van der Waals surface area contributed by atoms with Crippen molar-refractivity contribution < 1.29 is 13.6 Å². The zero-order valence-electron chi connectivity index (χ0n) is 34.4. The topological polar surface area (TPSA) is 39.7 Å². The van der Waals surface area contributed by atoms with Crippen molar-refractivity contribution in [2.24, 2.45) is 11.8 Å². The van der Waals surface area contributed by atoms with Gasteiger partial charge in [0.25, 0.3) is 16.6 Å². The number of ether oxygens (including phenoxy) is 1. The second-order valence-electron chi connectivity index (χ2n) is 17.8. The van der Waals surface area contributed by atoms with E-state index >= 15 is 0 Å². The van der Waals surface area contributed by atoms with Crippen LogP contribution in [0.25, 0.3) is 0 Å². The van der Waals surface area contributed by atoms with Crippen LogP contribution in [0.15, 0.2) is 133 Å². The standard InChI is InChI=1S/C48H63NO3SSi2/c1-9-10-15-24-37(51-54(46(2,3)4,38-25-16-11-17-26-38)39-27-18-12-19-28-39)33-34-42-43-35-45(53)49-48(43,50-8)36-44(42)52-55(47(5,6)7,40-29-20-13-21-30-40)41-31-22-14-23-32-41/h11-14,16-23,25-34,37,42-44H,9-10,15,24,35-36H2,1-8H3,(H,49,53)/t37-,42?,43?,44?,48?/m0/s1. The molecule has 0 radical (unpaired) electrons. The predicted molar refractivity (Wildman–Crippen MR) is 240 cm³/mol. The van der Waals surface area contributed by atoms with Crippen LogP contribution in [0.5, 0.6) is 0 Å². The van der Waals surface area contributed by atoms with Gasteiger partial charge in [-0.05, 0) is 37.2 Å². The highest BCUT2D eigenvalue weighted by atomic mass is 32.1. The Morgan fingerprint density at radius 2 is 1.18 bits per heavy atom. The number of hydrogen-bond acceptors (Lipinski definition) is 4. The predicted octanol–water partition coefficient (Wildman–Crippen LogP) is 9.31. The quantitative estimate of drug-likeness (QED) is 0.0563. The van der Waals surface area contributed by atoms with E-state index in [1.807, 2.05) is 7.11 Å². The lowest BCUT2D eigenvalue weighted by atomic mass is 9.89. The van der Waals surface area contributed by atoms with Crippen LogP contribution in [0.1, 0.15) is 87.0 Å². The molecule has 4 nitrogen and oxygen atoms in total. The van der Waals surface area contributed by atoms with Crippen molar-refractivity contribution in [3.8, 4) is 0 Å². The van der Waals surface area contributed by atoms with Gasteiger partial charge in [-0.2, -0.15) is 0 Å². The summed E-state index contributed by atoms with van der Waals surface area (Å²) in [5.74, 6) is 0.194. The highest BCUT2D eigenvalue weighted by molar-refractivity contribution is 7.80. The van der Waals surface area contributed by atoms with Crippen LogP contribution in [0.4, 0.5) is 0 Å². The summed E-state index contributed by atoms with van der Waals surface area (Å²) in [6.07, 6.45) is 10.6. The van der Waals surface area contributed by atoms with Gasteiger partial charge in [0.2, 0.25) is 0 Å². The first kappa shape index (κ1) is 41.5. The Morgan fingerprint density at radius 1 is 0.727 bits per heavy atom. The summed E-state index contributed by atoms with van der Waals surface area (Å²) in [4.78, 5) is 0.872. The maximum atomic E-state index is 7.96. The van der Waals surface area contributed by atoms with Gasteiger partial charge in [-0.25, -0.2) is 0 Å². The van der Waals surface area contributed by atoms with Gasteiger partial charge in [0.05, 0.1) is 17.2 Å². The first-order valence-corrected chi connectivity index (χ1v) is 24.7. The minimum absolute atomic E-state index is 0.0611. The third-order valence-electron chi connectivity index (χ3n) is 12.2. The van der Waals surface area contributed by atoms with Crippen LogP contribution in [-0.2, 0) is 13.6 Å². The van der Waals surface area contributed by atoms with E-state index in [2.05, 4.69) is 187 Å². The molecule has 2 fully saturated rings. The number of hydrogen-bond donors (Lipinski definition) is 1. The molecule has 1 saturated carbocycles. The molecule has 0 bridgehead atoms. The fourth-order valence-electron chi connectivity index (χ4n) is 9.63. The molecule has 4 aromatic rings. The molecule has 1 aliphatic heterocycles. The van der Waals surface area contributed by atoms with Gasteiger partial charge in [0.15, 0.2) is 0 Å². The van der Waals surface area contributed by atoms with E-state index in [1.54, 1.807) is 0 Å². The number of thiocarbonyl (C=S) groups is 1. The van der Waals surface area contributed by atoms with E-state index in [0.29, 0.717) is 6.42 Å². The Kier molecular flexibility index (Phi) is 12.9. The molecule has 5 atom stereocenters. The van der Waals surface area contributed by atoms with Crippen LogP contribution in [0, 0.1) is 11.8 Å². The third-order valence-corrected chi connectivity index (χ3v) is 22.6. The van der Waals surface area contributed by atoms with Gasteiger partial charge in [0, 0.05) is 31.8 Å². The summed E-state index contributed by atoms with van der Waals surface area (Å²) < 4.78 is 22.3. The largest absolute Gasteiger partial charge is 0.404 e. The smallest absolute Gasteiger partial charge is 0.261 e. The van der Waals surface area contributed by atoms with Gasteiger partial charge >= 0.3 is 0 Å². The molecule has 1 heterocycles. The van der Waals surface area contributed by atoms with Gasteiger partial charge in [-0.15, -0.1) is 0 Å². The molecule has 7 heteroatoms. The minimum Gasteiger partial charge on any atom is -0.404 e. The monoisotopic (exact) mass is 789 g/mol. The second-order valence-corrected chi connectivity index (χ2v) is 26.8. The van der Waals surface area contributed by atoms with Crippen molar-refractivity contribution in [2.45, 2.75) is 115 Å². The molecular weight excluding hydrogens is 727 g/mol. The van der Waals surface area contributed by atoms with Gasteiger partial charge in [-0.1, -0.05) is 213 Å².